The van der Waals surface area contributed by atoms with Gasteiger partial charge in [0, 0.05) is 25.2 Å². The molecule has 3 rings (SSSR count). The molecule has 0 saturated carbocycles. The highest BCUT2D eigenvalue weighted by Gasteiger charge is 2.20. The first-order valence-electron chi connectivity index (χ1n) is 8.59. The Balaban J connectivity index is 1.64. The number of nitrogens with one attached hydrogen (secondary N) is 1. The number of amides is 1. The number of rotatable bonds is 6. The maximum Gasteiger partial charge on any atom is 0.254 e. The van der Waals surface area contributed by atoms with Crippen LogP contribution in [-0.2, 0) is 21.3 Å². The van der Waals surface area contributed by atoms with Crippen molar-refractivity contribution in [3.8, 4) is 5.75 Å². The number of morpholine rings is 1. The summed E-state index contributed by atoms with van der Waals surface area (Å²) in [6.07, 6.45) is 0. The maximum atomic E-state index is 12.5. The van der Waals surface area contributed by atoms with Gasteiger partial charge in [-0.2, -0.15) is 0 Å². The van der Waals surface area contributed by atoms with Crippen LogP contribution in [0, 0.1) is 0 Å². The van der Waals surface area contributed by atoms with Crippen LogP contribution in [0.3, 0.4) is 0 Å². The molecule has 0 unspecified atom stereocenters. The number of carbonyl (C=O) groups excluding carboxylic acids is 1. The third-order valence-corrected chi connectivity index (χ3v) is 5.75. The summed E-state index contributed by atoms with van der Waals surface area (Å²) in [6, 6.07) is 13.1. The molecule has 2 aromatic rings. The topological polar surface area (TPSA) is 84.9 Å². The summed E-state index contributed by atoms with van der Waals surface area (Å²) < 4.78 is 37.8. The number of benzene rings is 2. The molecule has 0 atom stereocenters. The van der Waals surface area contributed by atoms with Crippen molar-refractivity contribution in [1.29, 1.82) is 0 Å². The smallest absolute Gasteiger partial charge is 0.254 e. The quantitative estimate of drug-likeness (QED) is 0.811. The number of methoxy groups -OCH3 is 1. The third-order valence-electron chi connectivity index (χ3n) is 4.34. The van der Waals surface area contributed by atoms with E-state index < -0.39 is 10.0 Å². The Bertz CT molecular complexity index is 873. The molecule has 0 spiro atoms. The van der Waals surface area contributed by atoms with E-state index in [2.05, 4.69) is 4.72 Å². The monoisotopic (exact) mass is 390 g/mol. The van der Waals surface area contributed by atoms with Crippen molar-refractivity contribution >= 4 is 15.9 Å². The normalized spacial score (nSPS) is 14.8. The number of nitrogens with zero attached hydrogens (tertiary/aromatic N) is 1. The maximum absolute atomic E-state index is 12.5. The molecule has 1 fully saturated rings. The van der Waals surface area contributed by atoms with Crippen LogP contribution >= 0.6 is 0 Å². The number of hydrogen-bond donors (Lipinski definition) is 1. The number of hydrogen-bond acceptors (Lipinski definition) is 5. The van der Waals surface area contributed by atoms with Crippen LogP contribution in [0.1, 0.15) is 15.9 Å². The molecular weight excluding hydrogens is 368 g/mol. The molecular formula is C19H22N2O5S. The van der Waals surface area contributed by atoms with Gasteiger partial charge in [0.1, 0.15) is 5.75 Å². The van der Waals surface area contributed by atoms with Crippen LogP contribution < -0.4 is 9.46 Å². The van der Waals surface area contributed by atoms with E-state index in [1.54, 1.807) is 48.4 Å². The molecule has 0 aliphatic carbocycles. The summed E-state index contributed by atoms with van der Waals surface area (Å²) in [5.41, 5.74) is 1.28. The van der Waals surface area contributed by atoms with E-state index in [0.29, 0.717) is 37.6 Å². The SMILES string of the molecule is COc1ccc(CNS(=O)(=O)c2ccc(C(=O)N3CCOCC3)cc2)cc1. The molecule has 2 aromatic carbocycles. The largest absolute Gasteiger partial charge is 0.497 e. The Kier molecular flexibility index (Phi) is 6.10. The van der Waals surface area contributed by atoms with E-state index in [-0.39, 0.29) is 17.3 Å². The lowest BCUT2D eigenvalue weighted by molar-refractivity contribution is 0.0303. The third kappa shape index (κ3) is 4.85. The fraction of sp³-hybridized carbons (Fsp3) is 0.316. The minimum absolute atomic E-state index is 0.117. The van der Waals surface area contributed by atoms with Crippen LogP contribution in [0.25, 0.3) is 0 Å². The molecule has 1 heterocycles. The summed E-state index contributed by atoms with van der Waals surface area (Å²) in [7, 11) is -2.09. The minimum Gasteiger partial charge on any atom is -0.497 e. The molecule has 0 aromatic heterocycles. The molecule has 1 aliphatic rings. The molecule has 1 N–H and O–H groups in total. The van der Waals surface area contributed by atoms with Crippen molar-refractivity contribution in [1.82, 2.24) is 9.62 Å². The fourth-order valence-corrected chi connectivity index (χ4v) is 3.75. The molecule has 8 heteroatoms. The van der Waals surface area contributed by atoms with Gasteiger partial charge >= 0.3 is 0 Å². The second-order valence-electron chi connectivity index (χ2n) is 6.10. The van der Waals surface area contributed by atoms with Crippen LogP contribution in [-0.4, -0.2) is 52.6 Å². The lowest BCUT2D eigenvalue weighted by Crippen LogP contribution is -2.40. The van der Waals surface area contributed by atoms with Crippen molar-refractivity contribution in [3.63, 3.8) is 0 Å². The van der Waals surface area contributed by atoms with Gasteiger partial charge in [-0.3, -0.25) is 4.79 Å². The van der Waals surface area contributed by atoms with Crippen molar-refractivity contribution in [2.45, 2.75) is 11.4 Å². The number of ether oxygens (including phenoxy) is 2. The summed E-state index contributed by atoms with van der Waals surface area (Å²) in [6.45, 7) is 2.30. The van der Waals surface area contributed by atoms with Crippen LogP contribution in [0.15, 0.2) is 53.4 Å². The Labute approximate surface area is 158 Å². The Morgan fingerprint density at radius 1 is 1.07 bits per heavy atom. The summed E-state index contributed by atoms with van der Waals surface area (Å²) in [5.74, 6) is 0.593. The van der Waals surface area contributed by atoms with Gasteiger partial charge in [0.15, 0.2) is 0 Å². The summed E-state index contributed by atoms with van der Waals surface area (Å²) >= 11 is 0. The van der Waals surface area contributed by atoms with Crippen LogP contribution in [0.4, 0.5) is 0 Å². The molecule has 27 heavy (non-hydrogen) atoms. The highest BCUT2D eigenvalue weighted by molar-refractivity contribution is 7.89. The van der Waals surface area contributed by atoms with E-state index in [1.807, 2.05) is 0 Å². The highest BCUT2D eigenvalue weighted by Crippen LogP contribution is 2.15. The van der Waals surface area contributed by atoms with Gasteiger partial charge in [0.05, 0.1) is 25.2 Å². The molecule has 7 nitrogen and oxygen atoms in total. The van der Waals surface area contributed by atoms with E-state index >= 15 is 0 Å². The number of sulfonamides is 1. The molecule has 144 valence electrons. The van der Waals surface area contributed by atoms with Gasteiger partial charge in [-0.25, -0.2) is 13.1 Å². The second kappa shape index (κ2) is 8.51. The van der Waals surface area contributed by atoms with Crippen molar-refractivity contribution in [3.05, 3.63) is 59.7 Å². The average Bonchev–Trinajstić information content (AvgIpc) is 2.73. The number of carbonyl (C=O) groups is 1. The van der Waals surface area contributed by atoms with Gasteiger partial charge < -0.3 is 14.4 Å². The lowest BCUT2D eigenvalue weighted by Gasteiger charge is -2.26. The zero-order valence-corrected chi connectivity index (χ0v) is 15.9. The van der Waals surface area contributed by atoms with Crippen LogP contribution in [0.2, 0.25) is 0 Å². The highest BCUT2D eigenvalue weighted by atomic mass is 32.2. The van der Waals surface area contributed by atoms with Crippen molar-refractivity contribution in [2.75, 3.05) is 33.4 Å². The van der Waals surface area contributed by atoms with Gasteiger partial charge in [-0.15, -0.1) is 0 Å². The van der Waals surface area contributed by atoms with E-state index in [0.717, 1.165) is 5.56 Å². The van der Waals surface area contributed by atoms with Gasteiger partial charge in [-0.1, -0.05) is 12.1 Å². The van der Waals surface area contributed by atoms with E-state index in [9.17, 15) is 13.2 Å². The van der Waals surface area contributed by atoms with Crippen molar-refractivity contribution in [2.24, 2.45) is 0 Å². The fourth-order valence-electron chi connectivity index (χ4n) is 2.73. The standard InChI is InChI=1S/C19H22N2O5S/c1-25-17-6-2-15(3-7-17)14-20-27(23,24)18-8-4-16(5-9-18)19(22)21-10-12-26-13-11-21/h2-9,20H,10-14H2,1H3. The van der Waals surface area contributed by atoms with Crippen molar-refractivity contribution < 1.29 is 22.7 Å². The van der Waals surface area contributed by atoms with Crippen LogP contribution in [0.5, 0.6) is 5.75 Å². The minimum atomic E-state index is -3.67. The zero-order valence-electron chi connectivity index (χ0n) is 15.1. The lowest BCUT2D eigenvalue weighted by atomic mass is 10.2. The average molecular weight is 390 g/mol. The Morgan fingerprint density at radius 2 is 1.70 bits per heavy atom. The van der Waals surface area contributed by atoms with Gasteiger partial charge in [0.25, 0.3) is 5.91 Å². The summed E-state index contributed by atoms with van der Waals surface area (Å²) in [5, 5.41) is 0. The molecule has 1 aliphatic heterocycles. The molecule has 0 bridgehead atoms. The molecule has 1 amide bonds. The predicted octanol–water partition coefficient (Wildman–Crippen LogP) is 1.65. The van der Waals surface area contributed by atoms with Gasteiger partial charge in [-0.05, 0) is 42.0 Å². The molecule has 1 saturated heterocycles. The summed E-state index contributed by atoms with van der Waals surface area (Å²) in [4.78, 5) is 14.2. The first-order valence-corrected chi connectivity index (χ1v) is 10.1. The Morgan fingerprint density at radius 3 is 2.30 bits per heavy atom. The van der Waals surface area contributed by atoms with Gasteiger partial charge in [0.2, 0.25) is 10.0 Å². The first kappa shape index (κ1) is 19.3. The molecule has 0 radical (unpaired) electrons. The Hall–Kier alpha value is -2.42. The van der Waals surface area contributed by atoms with E-state index in [1.165, 1.54) is 12.1 Å². The first-order chi connectivity index (χ1) is 13.0. The predicted molar refractivity (Wildman–Crippen MR) is 100 cm³/mol. The zero-order chi connectivity index (χ0) is 19.3. The second-order valence-corrected chi connectivity index (χ2v) is 7.87. The van der Waals surface area contributed by atoms with E-state index in [4.69, 9.17) is 9.47 Å².